The van der Waals surface area contributed by atoms with Gasteiger partial charge in [0.15, 0.2) is 17.5 Å². The molecule has 0 aliphatic carbocycles. The van der Waals surface area contributed by atoms with Crippen LogP contribution in [0.1, 0.15) is 15.9 Å². The van der Waals surface area contributed by atoms with E-state index in [4.69, 9.17) is 9.88 Å². The highest BCUT2D eigenvalue weighted by Gasteiger charge is 2.20. The molecule has 4 rings (SSSR count). The number of halogens is 5. The lowest BCUT2D eigenvalue weighted by molar-refractivity contribution is 0.102. The van der Waals surface area contributed by atoms with Crippen LogP contribution in [0.4, 0.5) is 27.6 Å². The van der Waals surface area contributed by atoms with E-state index in [1.54, 1.807) is 18.2 Å². The number of methoxy groups -OCH3 is 1. The number of hydrogen-bond donors (Lipinski definition) is 3. The number of rotatable bonds is 10. The second kappa shape index (κ2) is 12.7. The van der Waals surface area contributed by atoms with Gasteiger partial charge in [0, 0.05) is 29.4 Å². The van der Waals surface area contributed by atoms with Crippen molar-refractivity contribution in [1.82, 2.24) is 5.32 Å². The normalized spacial score (nSPS) is 11.5. The molecule has 0 aliphatic heterocycles. The van der Waals surface area contributed by atoms with Crippen LogP contribution in [-0.4, -0.2) is 34.4 Å². The number of carbonyl (C=O) groups excluding carboxylic acids is 1. The Kier molecular flexibility index (Phi) is 9.24. The molecule has 1 amide bonds. The van der Waals surface area contributed by atoms with Crippen molar-refractivity contribution in [2.75, 3.05) is 19.0 Å². The first-order chi connectivity index (χ1) is 19.9. The Morgan fingerprint density at radius 3 is 2.19 bits per heavy atom. The van der Waals surface area contributed by atoms with Gasteiger partial charge in [-0.3, -0.25) is 4.79 Å². The molecule has 0 saturated carbocycles. The molecule has 0 radical (unpaired) electrons. The van der Waals surface area contributed by atoms with Crippen molar-refractivity contribution >= 4 is 21.6 Å². The number of sulfonamides is 1. The van der Waals surface area contributed by atoms with Gasteiger partial charge < -0.3 is 15.4 Å². The summed E-state index contributed by atoms with van der Waals surface area (Å²) < 4.78 is 96.7. The lowest BCUT2D eigenvalue weighted by Gasteiger charge is -2.17. The highest BCUT2D eigenvalue weighted by molar-refractivity contribution is 7.89. The maximum absolute atomic E-state index is 14.7. The van der Waals surface area contributed by atoms with Gasteiger partial charge in [-0.05, 0) is 58.7 Å². The fourth-order valence-corrected chi connectivity index (χ4v) is 5.01. The van der Waals surface area contributed by atoms with E-state index >= 15 is 0 Å². The molecule has 0 unspecified atom stereocenters. The van der Waals surface area contributed by atoms with Crippen LogP contribution >= 0.6 is 0 Å². The van der Waals surface area contributed by atoms with Crippen LogP contribution in [-0.2, 0) is 16.6 Å². The third-order valence-corrected chi connectivity index (χ3v) is 7.20. The lowest BCUT2D eigenvalue weighted by Crippen LogP contribution is -2.21. The average molecular weight is 606 g/mol. The minimum absolute atomic E-state index is 0.0939. The van der Waals surface area contributed by atoms with Gasteiger partial charge >= 0.3 is 0 Å². The predicted octanol–water partition coefficient (Wildman–Crippen LogP) is 5.70. The van der Waals surface area contributed by atoms with E-state index in [-0.39, 0.29) is 39.6 Å². The van der Waals surface area contributed by atoms with Crippen molar-refractivity contribution in [2.45, 2.75) is 17.9 Å². The molecule has 0 aliphatic rings. The zero-order valence-electron chi connectivity index (χ0n) is 21.9. The lowest BCUT2D eigenvalue weighted by atomic mass is 9.90. The van der Waals surface area contributed by atoms with Crippen LogP contribution in [0.5, 0.6) is 5.75 Å². The number of nitrogens with two attached hydrogens (primary N) is 1. The molecule has 13 heteroatoms. The summed E-state index contributed by atoms with van der Waals surface area (Å²) in [6.45, 7) is -0.766. The molecular weight excluding hydrogens is 581 g/mol. The summed E-state index contributed by atoms with van der Waals surface area (Å²) >= 11 is 0. The maximum Gasteiger partial charge on any atom is 0.255 e. The quantitative estimate of drug-likeness (QED) is 0.159. The van der Waals surface area contributed by atoms with E-state index < -0.39 is 46.4 Å². The van der Waals surface area contributed by atoms with E-state index in [0.717, 1.165) is 12.1 Å². The zero-order chi connectivity index (χ0) is 30.6. The monoisotopic (exact) mass is 605 g/mol. The summed E-state index contributed by atoms with van der Waals surface area (Å²) in [5.74, 6) is -5.09. The Morgan fingerprint density at radius 1 is 0.881 bits per heavy atom. The molecule has 0 aromatic heterocycles. The Hall–Kier alpha value is -4.33. The summed E-state index contributed by atoms with van der Waals surface area (Å²) in [6, 6.07) is 16.4. The molecule has 0 atom stereocenters. The maximum atomic E-state index is 14.7. The smallest absolute Gasteiger partial charge is 0.255 e. The van der Waals surface area contributed by atoms with E-state index in [2.05, 4.69) is 10.6 Å². The number of amides is 1. The second-order valence-corrected chi connectivity index (χ2v) is 10.6. The largest absolute Gasteiger partial charge is 0.495 e. The summed E-state index contributed by atoms with van der Waals surface area (Å²) in [6.07, 6.45) is -2.65. The van der Waals surface area contributed by atoms with Gasteiger partial charge in [0.2, 0.25) is 10.0 Å². The molecule has 4 aromatic carbocycles. The number of primary sulfonamides is 1. The standard InChI is InChI=1S/C29H24F5N3O4S/c1-41-24-13-18(7-11-25(24)42(35,39)40)37-29(38)16-6-8-19(17(12-16)14-36-15-26(31)32)20-4-2-3-5-21(20)22-9-10-23(30)28(34)27(22)33/h2-13,26,36H,14-15H2,1H3,(H,37,38)(H2,35,39,40). The molecule has 0 spiro atoms. The van der Waals surface area contributed by atoms with Crippen molar-refractivity contribution in [2.24, 2.45) is 5.14 Å². The van der Waals surface area contributed by atoms with Gasteiger partial charge in [0.05, 0.1) is 13.7 Å². The first-order valence-corrected chi connectivity index (χ1v) is 13.8. The fourth-order valence-electron chi connectivity index (χ4n) is 4.33. The first-order valence-electron chi connectivity index (χ1n) is 12.3. The van der Waals surface area contributed by atoms with Gasteiger partial charge in [-0.25, -0.2) is 35.5 Å². The predicted molar refractivity (Wildman–Crippen MR) is 147 cm³/mol. The number of benzene rings is 4. The first kappa shape index (κ1) is 30.6. The molecule has 4 aromatic rings. The highest BCUT2D eigenvalue weighted by Crippen LogP contribution is 2.37. The molecule has 220 valence electrons. The highest BCUT2D eigenvalue weighted by atomic mass is 32.2. The SMILES string of the molecule is COc1cc(NC(=O)c2ccc(-c3ccccc3-c3ccc(F)c(F)c3F)c(CNCC(F)F)c2)ccc1S(N)(=O)=O. The van der Waals surface area contributed by atoms with Crippen molar-refractivity contribution in [3.8, 4) is 28.0 Å². The molecule has 0 bridgehead atoms. The average Bonchev–Trinajstić information content (AvgIpc) is 2.95. The third kappa shape index (κ3) is 6.75. The summed E-state index contributed by atoms with van der Waals surface area (Å²) in [5.41, 5.74) is 1.47. The van der Waals surface area contributed by atoms with E-state index in [1.165, 1.54) is 49.6 Å². The number of nitrogens with one attached hydrogen (secondary N) is 2. The minimum atomic E-state index is -4.09. The van der Waals surface area contributed by atoms with Gasteiger partial charge in [0.1, 0.15) is 10.6 Å². The second-order valence-electron chi connectivity index (χ2n) is 9.03. The number of alkyl halides is 2. The van der Waals surface area contributed by atoms with Crippen LogP contribution in [0.15, 0.2) is 77.7 Å². The van der Waals surface area contributed by atoms with Gasteiger partial charge in [-0.1, -0.05) is 30.3 Å². The van der Waals surface area contributed by atoms with Gasteiger partial charge in [-0.15, -0.1) is 0 Å². The van der Waals surface area contributed by atoms with E-state index in [9.17, 15) is 35.2 Å². The number of carbonyl (C=O) groups is 1. The number of ether oxygens (including phenoxy) is 1. The summed E-state index contributed by atoms with van der Waals surface area (Å²) in [4.78, 5) is 12.8. The van der Waals surface area contributed by atoms with Crippen molar-refractivity contribution < 1.29 is 39.9 Å². The Labute approximate surface area is 238 Å². The molecule has 0 fully saturated rings. The van der Waals surface area contributed by atoms with Crippen molar-refractivity contribution in [3.63, 3.8) is 0 Å². The molecule has 4 N–H and O–H groups in total. The van der Waals surface area contributed by atoms with E-state index in [1.807, 2.05) is 0 Å². The summed E-state index contributed by atoms with van der Waals surface area (Å²) in [7, 11) is -2.85. The van der Waals surface area contributed by atoms with Crippen LogP contribution < -0.4 is 20.5 Å². The molecule has 0 heterocycles. The topological polar surface area (TPSA) is 111 Å². The van der Waals surface area contributed by atoms with Crippen LogP contribution in [0.2, 0.25) is 0 Å². The van der Waals surface area contributed by atoms with Gasteiger partial charge in [-0.2, -0.15) is 0 Å². The fraction of sp³-hybridized carbons (Fsp3) is 0.138. The van der Waals surface area contributed by atoms with E-state index in [0.29, 0.717) is 16.7 Å². The molecule has 42 heavy (non-hydrogen) atoms. The molecule has 7 nitrogen and oxygen atoms in total. The van der Waals surface area contributed by atoms with Crippen LogP contribution in [0, 0.1) is 17.5 Å². The Balaban J connectivity index is 1.74. The Morgan fingerprint density at radius 2 is 1.55 bits per heavy atom. The number of hydrogen-bond acceptors (Lipinski definition) is 5. The third-order valence-electron chi connectivity index (χ3n) is 6.25. The Bertz CT molecular complexity index is 1750. The minimum Gasteiger partial charge on any atom is -0.495 e. The zero-order valence-corrected chi connectivity index (χ0v) is 22.7. The van der Waals surface area contributed by atoms with Crippen molar-refractivity contribution in [1.29, 1.82) is 0 Å². The van der Waals surface area contributed by atoms with Crippen LogP contribution in [0.3, 0.4) is 0 Å². The van der Waals surface area contributed by atoms with Crippen LogP contribution in [0.25, 0.3) is 22.3 Å². The summed E-state index contributed by atoms with van der Waals surface area (Å²) in [5, 5.41) is 10.4. The van der Waals surface area contributed by atoms with Crippen molar-refractivity contribution in [3.05, 3.63) is 101 Å². The molecule has 0 saturated heterocycles. The van der Waals surface area contributed by atoms with Gasteiger partial charge in [0.25, 0.3) is 12.3 Å². The number of anilines is 1. The molecular formula is C29H24F5N3O4S.